The fraction of sp³-hybridized carbons (Fsp3) is 0.165. The van der Waals surface area contributed by atoms with Crippen LogP contribution in [-0.4, -0.2) is 0 Å². The number of hydrogen-bond donors (Lipinski definition) is 0. The first kappa shape index (κ1) is 50.9. The Morgan fingerprint density at radius 2 is 0.882 bits per heavy atom. The van der Waals surface area contributed by atoms with Gasteiger partial charge in [-0.1, -0.05) is 180 Å². The van der Waals surface area contributed by atoms with Crippen LogP contribution >= 0.6 is 0 Å². The number of nitrogens with zero attached hydrogens (tertiary/aromatic N) is 3. The van der Waals surface area contributed by atoms with E-state index in [1.807, 2.05) is 0 Å². The fourth-order valence-electron chi connectivity index (χ4n) is 14.6. The molecule has 0 bridgehead atoms. The third kappa shape index (κ3) is 7.30. The van der Waals surface area contributed by atoms with Crippen molar-refractivity contribution in [2.75, 3.05) is 14.7 Å². The monoisotopic (exact) mass is 1100 g/mol. The van der Waals surface area contributed by atoms with Crippen LogP contribution in [0.3, 0.4) is 0 Å². The quantitative estimate of drug-likeness (QED) is 0.165. The number of furan rings is 2. The summed E-state index contributed by atoms with van der Waals surface area (Å²) in [5.41, 5.74) is 25.4. The van der Waals surface area contributed by atoms with Crippen LogP contribution < -0.4 is 19.4 Å². The summed E-state index contributed by atoms with van der Waals surface area (Å²) < 4.78 is 22.3. The molecule has 0 fully saturated rings. The molecule has 0 saturated heterocycles. The molecule has 6 nitrogen and oxygen atoms in total. The molecule has 1 atom stereocenters. The van der Waals surface area contributed by atoms with Crippen molar-refractivity contribution in [3.05, 3.63) is 268 Å². The van der Waals surface area contributed by atoms with E-state index in [0.717, 1.165) is 146 Å². The van der Waals surface area contributed by atoms with Crippen molar-refractivity contribution >= 4 is 95.1 Å². The Morgan fingerprint density at radius 3 is 1.49 bits per heavy atom. The molecule has 6 heteroatoms. The van der Waals surface area contributed by atoms with Gasteiger partial charge in [0.15, 0.2) is 17.1 Å². The van der Waals surface area contributed by atoms with E-state index < -0.39 is 5.41 Å². The number of hydrogen-bond acceptors (Lipinski definition) is 6. The lowest BCUT2D eigenvalue weighted by molar-refractivity contribution is 0.473. The lowest BCUT2D eigenvalue weighted by Crippen LogP contribution is -2.37. The molecule has 4 heterocycles. The van der Waals surface area contributed by atoms with Crippen molar-refractivity contribution in [2.45, 2.75) is 85.5 Å². The van der Waals surface area contributed by atoms with Gasteiger partial charge in [-0.2, -0.15) is 0 Å². The molecule has 1 spiro atoms. The molecule has 0 saturated carbocycles. The van der Waals surface area contributed by atoms with Crippen LogP contribution in [0, 0.1) is 27.7 Å². The van der Waals surface area contributed by atoms with Crippen LogP contribution in [0.5, 0.6) is 11.5 Å². The lowest BCUT2D eigenvalue weighted by Gasteiger charge is -2.47. The molecule has 85 heavy (non-hydrogen) atoms. The summed E-state index contributed by atoms with van der Waals surface area (Å²) >= 11 is 0. The highest BCUT2D eigenvalue weighted by Crippen LogP contribution is 2.70. The van der Waals surface area contributed by atoms with Crippen molar-refractivity contribution in [2.24, 2.45) is 0 Å². The van der Waals surface area contributed by atoms with E-state index in [4.69, 9.17) is 13.6 Å². The topological polar surface area (TPSA) is 45.2 Å². The average molecular weight is 1100 g/mol. The molecule has 2 aromatic heterocycles. The van der Waals surface area contributed by atoms with E-state index in [1.54, 1.807) is 0 Å². The number of para-hydroxylation sites is 6. The summed E-state index contributed by atoms with van der Waals surface area (Å²) in [5, 5.41) is 4.15. The zero-order valence-electron chi connectivity index (χ0n) is 49.8. The smallest absolute Gasteiger partial charge is 0.160 e. The van der Waals surface area contributed by atoms with Gasteiger partial charge in [-0.25, -0.2) is 0 Å². The highest BCUT2D eigenvalue weighted by Gasteiger charge is 2.56. The number of anilines is 9. The molecular formula is C79H65N3O3. The Morgan fingerprint density at radius 1 is 0.388 bits per heavy atom. The second-order valence-electron chi connectivity index (χ2n) is 25.9. The maximum atomic E-state index is 7.68. The highest BCUT2D eigenvalue weighted by atomic mass is 16.5. The number of rotatable bonds is 6. The maximum Gasteiger partial charge on any atom is 0.160 e. The molecule has 414 valence electrons. The Balaban J connectivity index is 1.13. The van der Waals surface area contributed by atoms with Crippen LogP contribution in [0.4, 0.5) is 51.2 Å². The third-order valence-corrected chi connectivity index (χ3v) is 18.5. The molecule has 11 aromatic carbocycles. The second-order valence-corrected chi connectivity index (χ2v) is 25.9. The van der Waals surface area contributed by atoms with Gasteiger partial charge in [0.25, 0.3) is 0 Å². The first-order chi connectivity index (χ1) is 41.1. The molecule has 2 aliphatic heterocycles. The first-order valence-corrected chi connectivity index (χ1v) is 29.8. The zero-order chi connectivity index (χ0) is 58.0. The van der Waals surface area contributed by atoms with Crippen LogP contribution in [0.2, 0.25) is 0 Å². The molecule has 0 N–H and O–H groups in total. The summed E-state index contributed by atoms with van der Waals surface area (Å²) in [6.07, 6.45) is 0. The molecule has 1 aliphatic carbocycles. The molecule has 13 aromatic rings. The van der Waals surface area contributed by atoms with Gasteiger partial charge < -0.3 is 28.3 Å². The number of ether oxygens (including phenoxy) is 1. The van der Waals surface area contributed by atoms with Crippen molar-refractivity contribution in [1.29, 1.82) is 0 Å². The Bertz CT molecular complexity index is 4950. The summed E-state index contributed by atoms with van der Waals surface area (Å²) in [4.78, 5) is 7.41. The number of aryl methyl sites for hydroxylation is 4. The maximum absolute atomic E-state index is 7.68. The van der Waals surface area contributed by atoms with Crippen molar-refractivity contribution in [3.8, 4) is 22.6 Å². The van der Waals surface area contributed by atoms with Crippen LogP contribution in [0.15, 0.2) is 221 Å². The van der Waals surface area contributed by atoms with Gasteiger partial charge in [0.05, 0.1) is 39.2 Å². The zero-order valence-corrected chi connectivity index (χ0v) is 49.8. The number of benzene rings is 11. The minimum atomic E-state index is -1.00. The van der Waals surface area contributed by atoms with Crippen molar-refractivity contribution in [1.82, 2.24) is 0 Å². The van der Waals surface area contributed by atoms with E-state index in [9.17, 15) is 0 Å². The van der Waals surface area contributed by atoms with Gasteiger partial charge in [-0.15, -0.1) is 0 Å². The number of fused-ring (bicyclic) bond motifs is 19. The van der Waals surface area contributed by atoms with Crippen LogP contribution in [0.1, 0.15) is 97.2 Å². The molecule has 16 rings (SSSR count). The van der Waals surface area contributed by atoms with E-state index in [1.165, 1.54) is 27.8 Å². The van der Waals surface area contributed by atoms with E-state index >= 15 is 0 Å². The molecule has 3 aliphatic rings. The Labute approximate surface area is 496 Å². The summed E-state index contributed by atoms with van der Waals surface area (Å²) in [5.74, 6) is 1.61. The Hall–Kier alpha value is -9.78. The minimum Gasteiger partial charge on any atom is -0.455 e. The fourth-order valence-corrected chi connectivity index (χ4v) is 14.6. The van der Waals surface area contributed by atoms with Crippen molar-refractivity contribution in [3.63, 3.8) is 0 Å². The van der Waals surface area contributed by atoms with Gasteiger partial charge in [-0.3, -0.25) is 0 Å². The first-order valence-electron chi connectivity index (χ1n) is 29.8. The summed E-state index contributed by atoms with van der Waals surface area (Å²) in [6.45, 7) is 22.5. The van der Waals surface area contributed by atoms with Gasteiger partial charge in [0.1, 0.15) is 16.7 Å². The minimum absolute atomic E-state index is 0.0464. The van der Waals surface area contributed by atoms with Gasteiger partial charge in [-0.05, 0) is 168 Å². The molecule has 1 unspecified atom stereocenters. The summed E-state index contributed by atoms with van der Waals surface area (Å²) in [7, 11) is 0. The van der Waals surface area contributed by atoms with Crippen LogP contribution in [-0.2, 0) is 16.2 Å². The van der Waals surface area contributed by atoms with Gasteiger partial charge >= 0.3 is 0 Å². The standard InChI is InChI=1S/C79H65N3O3/c1-46-30-40-60(48(3)42-46)80(52-36-32-50(33-37-52)77(5,6)7)64-44-59-73(76-70(64)54-20-11-16-26-66(54)85-76)72-58(79(59)56-22-13-14-24-62(56)82-63-25-15-18-28-68(63)83-69-29-19-23-57(79)74(69)82)45-65(75-71(72)55-21-12-17-27-67(55)84-75)81(61-41-31-47(2)43-49(61)4)53-38-34-51(35-39-53)78(8,9)10/h11-45H,1-10H3. The van der Waals surface area contributed by atoms with E-state index in [-0.39, 0.29) is 10.8 Å². The van der Waals surface area contributed by atoms with E-state index in [0.29, 0.717) is 0 Å². The second kappa shape index (κ2) is 18.1. The lowest BCUT2D eigenvalue weighted by atomic mass is 9.64. The van der Waals surface area contributed by atoms with Crippen LogP contribution in [0.25, 0.3) is 55.0 Å². The molecule has 0 amide bonds. The Kier molecular flexibility index (Phi) is 10.8. The van der Waals surface area contributed by atoms with Crippen molar-refractivity contribution < 1.29 is 13.6 Å². The third-order valence-electron chi connectivity index (χ3n) is 18.5. The SMILES string of the molecule is Cc1ccc(N(c2ccc(C(C)(C)C)cc2)c2cc3c(c4c2oc2ccccc24)-c2c(cc(N(c4ccc(C(C)(C)C)cc4)c4ccc(C)cc4C)c4c2oc2ccccc24)C32c3ccccc3N3c4ccccc4Oc4cccc2c43)c(C)c1. The predicted molar refractivity (Wildman–Crippen MR) is 352 cm³/mol. The molecule has 0 radical (unpaired) electrons. The predicted octanol–water partition coefficient (Wildman–Crippen LogP) is 22.5. The van der Waals surface area contributed by atoms with Gasteiger partial charge in [0.2, 0.25) is 0 Å². The normalized spacial score (nSPS) is 14.8. The largest absolute Gasteiger partial charge is 0.455 e. The van der Waals surface area contributed by atoms with Gasteiger partial charge in [0, 0.05) is 50.0 Å². The van der Waals surface area contributed by atoms with E-state index in [2.05, 4.69) is 296 Å². The highest BCUT2D eigenvalue weighted by molar-refractivity contribution is 6.26. The summed E-state index contributed by atoms with van der Waals surface area (Å²) in [6, 6.07) is 78.6. The molecular weight excluding hydrogens is 1040 g/mol. The average Bonchev–Trinajstić information content (AvgIpc) is 1.55.